The molecule has 3 heteroatoms. The van der Waals surface area contributed by atoms with Crippen molar-refractivity contribution in [3.05, 3.63) is 60.2 Å². The van der Waals surface area contributed by atoms with Crippen LogP contribution in [0.2, 0.25) is 0 Å². The zero-order valence-electron chi connectivity index (χ0n) is 12.6. The molecule has 2 radical (unpaired) electrons. The van der Waals surface area contributed by atoms with Crippen molar-refractivity contribution in [1.82, 2.24) is 5.32 Å². The van der Waals surface area contributed by atoms with Gasteiger partial charge in [0.2, 0.25) is 0 Å². The molecule has 0 atom stereocenters. The first-order valence-electron chi connectivity index (χ1n) is 6.18. The third-order valence-electron chi connectivity index (χ3n) is 2.28. The van der Waals surface area contributed by atoms with E-state index in [1.807, 2.05) is 27.3 Å². The monoisotopic (exact) mass is 408 g/mol. The van der Waals surface area contributed by atoms with Crippen LogP contribution in [-0.2, 0) is 72.0 Å². The van der Waals surface area contributed by atoms with Gasteiger partial charge in [0.05, 0.1) is 0 Å². The largest absolute Gasteiger partial charge is 0.370 e. The molecule has 1 rings (SSSR count). The number of benzene rings is 1. The van der Waals surface area contributed by atoms with E-state index in [9.17, 15) is 0 Å². The van der Waals surface area contributed by atoms with E-state index in [4.69, 9.17) is 0 Å². The summed E-state index contributed by atoms with van der Waals surface area (Å²) in [4.78, 5) is 0. The fourth-order valence-corrected chi connectivity index (χ4v) is 1.55. The topological polar surface area (TPSA) is 12.0 Å². The SMILES string of the molecule is C=C[CH-]NCc1cccc(C)c1/C=C\C.CC.[Y].[Y]. The number of allylic oxidation sites excluding steroid dienone is 1. The first-order valence-corrected chi connectivity index (χ1v) is 6.18. The molecular weight excluding hydrogens is 384 g/mol. The predicted molar refractivity (Wildman–Crippen MR) is 78.6 cm³/mol. The van der Waals surface area contributed by atoms with Crippen molar-refractivity contribution >= 4 is 6.08 Å². The third-order valence-corrected chi connectivity index (χ3v) is 2.28. The first kappa shape index (κ1) is 24.7. The summed E-state index contributed by atoms with van der Waals surface area (Å²) in [6.45, 7) is 14.5. The summed E-state index contributed by atoms with van der Waals surface area (Å²) in [5.41, 5.74) is 3.93. The van der Waals surface area contributed by atoms with E-state index >= 15 is 0 Å². The summed E-state index contributed by atoms with van der Waals surface area (Å²) < 4.78 is 0. The molecular formula is C16H24NY2-. The van der Waals surface area contributed by atoms with Gasteiger partial charge in [0.1, 0.15) is 0 Å². The van der Waals surface area contributed by atoms with Crippen LogP contribution in [-0.4, -0.2) is 0 Å². The number of rotatable bonds is 5. The van der Waals surface area contributed by atoms with E-state index in [0.717, 1.165) is 6.54 Å². The van der Waals surface area contributed by atoms with Gasteiger partial charge in [-0.15, -0.1) is 0 Å². The van der Waals surface area contributed by atoms with E-state index in [-0.39, 0.29) is 65.4 Å². The summed E-state index contributed by atoms with van der Waals surface area (Å²) in [5.74, 6) is 0. The van der Waals surface area contributed by atoms with Crippen molar-refractivity contribution in [3.8, 4) is 0 Å². The minimum atomic E-state index is 0. The maximum atomic E-state index is 3.64. The zero-order chi connectivity index (χ0) is 13.1. The summed E-state index contributed by atoms with van der Waals surface area (Å²) in [7, 11) is 0. The van der Waals surface area contributed by atoms with Crippen LogP contribution in [0.4, 0.5) is 0 Å². The molecule has 0 bridgehead atoms. The van der Waals surface area contributed by atoms with Crippen LogP contribution in [0.3, 0.4) is 0 Å². The molecule has 0 saturated carbocycles. The van der Waals surface area contributed by atoms with Gasteiger partial charge in [-0.25, -0.2) is 12.7 Å². The molecule has 1 aromatic rings. The normalized spacial score (nSPS) is 8.63. The van der Waals surface area contributed by atoms with E-state index < -0.39 is 0 Å². The molecule has 0 heterocycles. The Labute approximate surface area is 169 Å². The molecule has 0 unspecified atom stereocenters. The second-order valence-electron chi connectivity index (χ2n) is 3.43. The Balaban J connectivity index is -0.000000609. The van der Waals surface area contributed by atoms with Gasteiger partial charge in [-0.3, -0.25) is 0 Å². The summed E-state index contributed by atoms with van der Waals surface area (Å²) in [6, 6.07) is 6.37. The van der Waals surface area contributed by atoms with Crippen LogP contribution in [0, 0.1) is 13.5 Å². The molecule has 0 aliphatic rings. The minimum Gasteiger partial charge on any atom is -0.370 e. The molecule has 0 amide bonds. The Morgan fingerprint density at radius 1 is 1.26 bits per heavy atom. The van der Waals surface area contributed by atoms with Crippen molar-refractivity contribution in [3.63, 3.8) is 0 Å². The van der Waals surface area contributed by atoms with Gasteiger partial charge in [-0.2, -0.15) is 6.54 Å². The van der Waals surface area contributed by atoms with Crippen molar-refractivity contribution in [1.29, 1.82) is 0 Å². The molecule has 0 fully saturated rings. The average molecular weight is 408 g/mol. The van der Waals surface area contributed by atoms with Gasteiger partial charge in [-0.1, -0.05) is 44.2 Å². The van der Waals surface area contributed by atoms with Gasteiger partial charge in [-0.05, 0) is 30.5 Å². The van der Waals surface area contributed by atoms with E-state index in [1.54, 1.807) is 6.08 Å². The van der Waals surface area contributed by atoms with Gasteiger partial charge in [0.25, 0.3) is 0 Å². The second kappa shape index (κ2) is 16.8. The van der Waals surface area contributed by atoms with Crippen LogP contribution in [0.1, 0.15) is 37.5 Å². The number of nitrogens with one attached hydrogen (secondary N) is 1. The van der Waals surface area contributed by atoms with Crippen LogP contribution in [0.15, 0.2) is 36.9 Å². The predicted octanol–water partition coefficient (Wildman–Crippen LogP) is 4.49. The van der Waals surface area contributed by atoms with Crippen LogP contribution >= 0.6 is 0 Å². The fourth-order valence-electron chi connectivity index (χ4n) is 1.55. The Morgan fingerprint density at radius 2 is 1.89 bits per heavy atom. The zero-order valence-corrected chi connectivity index (χ0v) is 18.3. The quantitative estimate of drug-likeness (QED) is 0.560. The fraction of sp³-hybridized carbons (Fsp3) is 0.312. The number of aryl methyl sites for hydroxylation is 1. The van der Waals surface area contributed by atoms with Gasteiger partial charge in [0.15, 0.2) is 0 Å². The minimum absolute atomic E-state index is 0. The number of hydrogen-bond donors (Lipinski definition) is 1. The molecule has 1 aromatic carbocycles. The van der Waals surface area contributed by atoms with E-state index in [2.05, 4.69) is 49.2 Å². The maximum Gasteiger partial charge on any atom is 0.00957 e. The van der Waals surface area contributed by atoms with Gasteiger partial charge >= 0.3 is 0 Å². The van der Waals surface area contributed by atoms with Crippen LogP contribution in [0.5, 0.6) is 0 Å². The molecule has 0 aliphatic heterocycles. The Hall–Kier alpha value is 0.738. The van der Waals surface area contributed by atoms with E-state index in [0.29, 0.717) is 0 Å². The molecule has 0 saturated heterocycles. The smallest absolute Gasteiger partial charge is 0.00957 e. The van der Waals surface area contributed by atoms with Crippen molar-refractivity contribution in [2.45, 2.75) is 34.2 Å². The third kappa shape index (κ3) is 10.2. The second-order valence-corrected chi connectivity index (χ2v) is 3.43. The molecule has 1 N–H and O–H groups in total. The van der Waals surface area contributed by atoms with Gasteiger partial charge < -0.3 is 5.32 Å². The van der Waals surface area contributed by atoms with Crippen molar-refractivity contribution in [2.24, 2.45) is 0 Å². The Kier molecular flexibility index (Phi) is 21.9. The molecule has 100 valence electrons. The Bertz CT molecular complexity index is 360. The van der Waals surface area contributed by atoms with Crippen molar-refractivity contribution in [2.75, 3.05) is 0 Å². The standard InChI is InChI=1S/C14H18N.C2H6.2Y/c1-4-7-14-12(3)8-6-9-13(14)11-15-10-5-2;1-2;;/h4-10,15H,2,11H2,1,3H3;1-2H3;;/q-1;;;/b7-4-;;;. The molecule has 0 aromatic heterocycles. The van der Waals surface area contributed by atoms with Gasteiger partial charge in [0, 0.05) is 72.0 Å². The molecule has 0 spiro atoms. The summed E-state index contributed by atoms with van der Waals surface area (Å²) >= 11 is 0. The van der Waals surface area contributed by atoms with Crippen molar-refractivity contribution < 1.29 is 65.4 Å². The molecule has 19 heavy (non-hydrogen) atoms. The van der Waals surface area contributed by atoms with Crippen LogP contribution in [0.25, 0.3) is 6.08 Å². The number of hydrogen-bond acceptors (Lipinski definition) is 1. The molecule has 1 nitrogen and oxygen atoms in total. The summed E-state index contributed by atoms with van der Waals surface area (Å²) in [6.07, 6.45) is 5.98. The van der Waals surface area contributed by atoms with Crippen LogP contribution < -0.4 is 5.32 Å². The van der Waals surface area contributed by atoms with E-state index in [1.165, 1.54) is 16.7 Å². The average Bonchev–Trinajstić information content (AvgIpc) is 2.36. The maximum absolute atomic E-state index is 3.64. The molecule has 0 aliphatic carbocycles. The Morgan fingerprint density at radius 3 is 2.42 bits per heavy atom. The first-order chi connectivity index (χ1) is 8.29. The summed E-state index contributed by atoms with van der Waals surface area (Å²) in [5, 5.41) is 3.20.